The number of aryl methyl sites for hydroxylation is 1. The number of hydrogen-bond acceptors (Lipinski definition) is 6. The van der Waals surface area contributed by atoms with Gasteiger partial charge in [0.2, 0.25) is 5.79 Å². The number of rotatable bonds is 2. The van der Waals surface area contributed by atoms with Crippen LogP contribution in [0.2, 0.25) is 0 Å². The van der Waals surface area contributed by atoms with Crippen LogP contribution in [0, 0.1) is 23.2 Å². The maximum Gasteiger partial charge on any atom is 0.514 e. The van der Waals surface area contributed by atoms with Gasteiger partial charge in [0, 0.05) is 30.7 Å². The molecule has 2 heterocycles. The molecular formula is C20H25NO5. The predicted octanol–water partition coefficient (Wildman–Crippen LogP) is 4.22. The zero-order valence-electron chi connectivity index (χ0n) is 15.7. The van der Waals surface area contributed by atoms with Crippen LogP contribution in [0.5, 0.6) is 11.5 Å². The zero-order valence-corrected chi connectivity index (χ0v) is 15.7. The lowest BCUT2D eigenvalue weighted by Gasteiger charge is -2.38. The Kier molecular flexibility index (Phi) is 4.85. The first-order chi connectivity index (χ1) is 12.2. The molecule has 0 N–H and O–H groups in total. The number of nitriles is 1. The molecule has 1 fully saturated rings. The third kappa shape index (κ3) is 3.78. The summed E-state index contributed by atoms with van der Waals surface area (Å²) < 4.78 is 22.7. The number of fused-ring (bicyclic) bond motifs is 1. The molecule has 1 aromatic rings. The fourth-order valence-corrected chi connectivity index (χ4v) is 3.47. The first-order valence-electron chi connectivity index (χ1n) is 8.96. The lowest BCUT2D eigenvalue weighted by Crippen LogP contribution is -2.44. The van der Waals surface area contributed by atoms with E-state index in [0.717, 1.165) is 18.4 Å². The number of nitrogens with zero attached hydrogens (tertiary/aromatic N) is 1. The van der Waals surface area contributed by atoms with Crippen molar-refractivity contribution in [2.45, 2.75) is 58.3 Å². The average molecular weight is 359 g/mol. The van der Waals surface area contributed by atoms with Gasteiger partial charge in [-0.3, -0.25) is 0 Å². The highest BCUT2D eigenvalue weighted by atomic mass is 16.7. The smallest absolute Gasteiger partial charge is 0.462 e. The highest BCUT2D eigenvalue weighted by Crippen LogP contribution is 2.46. The number of carbonyl (C=O) groups is 1. The summed E-state index contributed by atoms with van der Waals surface area (Å²) in [6, 6.07) is 7.56. The Morgan fingerprint density at radius 3 is 2.88 bits per heavy atom. The minimum Gasteiger partial charge on any atom is -0.462 e. The SMILES string of the molecule is C[C@@H]1[C@@H](CC#N)CO[C@]12CCc1ccc(OC(=O)OC(C)(C)C)cc1O2. The molecule has 6 nitrogen and oxygen atoms in total. The molecule has 2 aliphatic rings. The van der Waals surface area contributed by atoms with E-state index in [-0.39, 0.29) is 11.8 Å². The van der Waals surface area contributed by atoms with Gasteiger partial charge in [0.05, 0.1) is 12.7 Å². The summed E-state index contributed by atoms with van der Waals surface area (Å²) in [5.74, 6) is 0.600. The van der Waals surface area contributed by atoms with E-state index in [0.29, 0.717) is 24.5 Å². The lowest BCUT2D eigenvalue weighted by atomic mass is 9.84. The molecule has 0 saturated carbocycles. The lowest BCUT2D eigenvalue weighted by molar-refractivity contribution is -0.181. The normalized spacial score (nSPS) is 27.3. The van der Waals surface area contributed by atoms with Crippen LogP contribution < -0.4 is 9.47 Å². The summed E-state index contributed by atoms with van der Waals surface area (Å²) in [4.78, 5) is 11.9. The van der Waals surface area contributed by atoms with Crippen molar-refractivity contribution in [1.82, 2.24) is 0 Å². The first kappa shape index (κ1) is 18.5. The summed E-state index contributed by atoms with van der Waals surface area (Å²) in [6.45, 7) is 7.94. The van der Waals surface area contributed by atoms with Crippen molar-refractivity contribution in [1.29, 1.82) is 5.26 Å². The van der Waals surface area contributed by atoms with E-state index in [2.05, 4.69) is 13.0 Å². The Morgan fingerprint density at radius 1 is 1.42 bits per heavy atom. The van der Waals surface area contributed by atoms with E-state index in [4.69, 9.17) is 24.2 Å². The average Bonchev–Trinajstić information content (AvgIpc) is 2.83. The van der Waals surface area contributed by atoms with E-state index in [1.54, 1.807) is 32.9 Å². The van der Waals surface area contributed by atoms with Crippen molar-refractivity contribution < 1.29 is 23.7 Å². The molecule has 140 valence electrons. The minimum atomic E-state index is -0.748. The maximum absolute atomic E-state index is 11.9. The molecule has 6 heteroatoms. The second-order valence-electron chi connectivity index (χ2n) is 7.97. The van der Waals surface area contributed by atoms with E-state index in [1.165, 1.54) is 0 Å². The molecule has 1 aromatic carbocycles. The van der Waals surface area contributed by atoms with Crippen LogP contribution in [-0.4, -0.2) is 24.2 Å². The molecule has 0 bridgehead atoms. The van der Waals surface area contributed by atoms with E-state index >= 15 is 0 Å². The fourth-order valence-electron chi connectivity index (χ4n) is 3.47. The minimum absolute atomic E-state index is 0.116. The van der Waals surface area contributed by atoms with E-state index < -0.39 is 17.5 Å². The van der Waals surface area contributed by atoms with Crippen LogP contribution in [0.4, 0.5) is 4.79 Å². The van der Waals surface area contributed by atoms with Gasteiger partial charge in [-0.05, 0) is 38.8 Å². The van der Waals surface area contributed by atoms with Gasteiger partial charge in [-0.25, -0.2) is 4.79 Å². The molecule has 1 spiro atoms. The van der Waals surface area contributed by atoms with Crippen molar-refractivity contribution >= 4 is 6.16 Å². The summed E-state index contributed by atoms with van der Waals surface area (Å²) in [5.41, 5.74) is 0.432. The van der Waals surface area contributed by atoms with Gasteiger partial charge in [-0.15, -0.1) is 0 Å². The summed E-state index contributed by atoms with van der Waals surface area (Å²) >= 11 is 0. The monoisotopic (exact) mass is 359 g/mol. The zero-order chi connectivity index (χ0) is 18.9. The number of hydrogen-bond donors (Lipinski definition) is 0. The summed E-state index contributed by atoms with van der Waals surface area (Å²) in [5, 5.41) is 8.98. The van der Waals surface area contributed by atoms with Gasteiger partial charge in [0.1, 0.15) is 17.1 Å². The van der Waals surface area contributed by atoms with Crippen molar-refractivity contribution in [3.63, 3.8) is 0 Å². The molecular weight excluding hydrogens is 334 g/mol. The second-order valence-corrected chi connectivity index (χ2v) is 7.97. The van der Waals surface area contributed by atoms with Gasteiger partial charge < -0.3 is 18.9 Å². The standard InChI is InChI=1S/C20H25NO5/c1-13-15(8-10-21)12-23-20(13)9-7-14-5-6-16(11-17(14)25-20)24-18(22)26-19(2,3)4/h5-6,11,13,15H,7-9,12H2,1-4H3/t13-,15+,20+/m1/s1. The van der Waals surface area contributed by atoms with Gasteiger partial charge in [0.15, 0.2) is 0 Å². The van der Waals surface area contributed by atoms with Crippen LogP contribution in [0.25, 0.3) is 0 Å². The fraction of sp³-hybridized carbons (Fsp3) is 0.600. The number of carbonyl (C=O) groups excluding carboxylic acids is 1. The summed E-state index contributed by atoms with van der Waals surface area (Å²) in [7, 11) is 0. The van der Waals surface area contributed by atoms with Crippen molar-refractivity contribution in [3.05, 3.63) is 23.8 Å². The highest BCUT2D eigenvalue weighted by molar-refractivity contribution is 5.64. The molecule has 3 atom stereocenters. The van der Waals surface area contributed by atoms with Crippen LogP contribution in [-0.2, 0) is 15.9 Å². The Hall–Kier alpha value is -2.26. The molecule has 0 radical (unpaired) electrons. The molecule has 0 unspecified atom stereocenters. The van der Waals surface area contributed by atoms with Crippen LogP contribution in [0.1, 0.15) is 46.1 Å². The molecule has 0 aliphatic carbocycles. The van der Waals surface area contributed by atoms with E-state index in [9.17, 15) is 4.79 Å². The largest absolute Gasteiger partial charge is 0.514 e. The highest BCUT2D eigenvalue weighted by Gasteiger charge is 2.51. The Labute approximate surface area is 154 Å². The summed E-state index contributed by atoms with van der Waals surface area (Å²) in [6.07, 6.45) is 1.27. The third-order valence-corrected chi connectivity index (χ3v) is 4.95. The maximum atomic E-state index is 11.9. The van der Waals surface area contributed by atoms with Crippen molar-refractivity contribution in [3.8, 4) is 17.6 Å². The topological polar surface area (TPSA) is 77.8 Å². The molecule has 1 saturated heterocycles. The van der Waals surface area contributed by atoms with Crippen LogP contribution in [0.15, 0.2) is 18.2 Å². The Bertz CT molecular complexity index is 733. The molecule has 0 amide bonds. The predicted molar refractivity (Wildman–Crippen MR) is 93.8 cm³/mol. The second kappa shape index (κ2) is 6.81. The van der Waals surface area contributed by atoms with Crippen molar-refractivity contribution in [2.24, 2.45) is 11.8 Å². The molecule has 3 rings (SSSR count). The van der Waals surface area contributed by atoms with Gasteiger partial charge in [-0.2, -0.15) is 5.26 Å². The number of benzene rings is 1. The molecule has 0 aromatic heterocycles. The van der Waals surface area contributed by atoms with Crippen LogP contribution in [0.3, 0.4) is 0 Å². The first-order valence-corrected chi connectivity index (χ1v) is 8.96. The molecule has 2 aliphatic heterocycles. The number of ether oxygens (including phenoxy) is 4. The van der Waals surface area contributed by atoms with Gasteiger partial charge >= 0.3 is 6.16 Å². The van der Waals surface area contributed by atoms with Gasteiger partial charge in [-0.1, -0.05) is 13.0 Å². The van der Waals surface area contributed by atoms with E-state index in [1.807, 2.05) is 6.07 Å². The van der Waals surface area contributed by atoms with Gasteiger partial charge in [0.25, 0.3) is 0 Å². The molecule has 26 heavy (non-hydrogen) atoms. The van der Waals surface area contributed by atoms with Crippen molar-refractivity contribution in [2.75, 3.05) is 6.61 Å². The Morgan fingerprint density at radius 2 is 2.19 bits per heavy atom. The van der Waals surface area contributed by atoms with Crippen LogP contribution >= 0.6 is 0 Å². The Balaban J connectivity index is 1.74. The third-order valence-electron chi connectivity index (χ3n) is 4.95. The quantitative estimate of drug-likeness (QED) is 0.581.